The van der Waals surface area contributed by atoms with E-state index in [0.29, 0.717) is 10.9 Å². The molecule has 0 aliphatic carbocycles. The molecule has 1 aromatic heterocycles. The Bertz CT molecular complexity index is 908. The van der Waals surface area contributed by atoms with Crippen LogP contribution in [0.5, 0.6) is 0 Å². The van der Waals surface area contributed by atoms with Gasteiger partial charge >= 0.3 is 12.1 Å². The third-order valence-corrected chi connectivity index (χ3v) is 5.00. The quantitative estimate of drug-likeness (QED) is 0.742. The number of nitrogens with one attached hydrogen (secondary N) is 2. The van der Waals surface area contributed by atoms with Gasteiger partial charge in [0, 0.05) is 23.6 Å². The van der Waals surface area contributed by atoms with E-state index in [1.54, 1.807) is 26.8 Å². The van der Waals surface area contributed by atoms with Crippen LogP contribution in [0, 0.1) is 0 Å². The van der Waals surface area contributed by atoms with Gasteiger partial charge in [0.2, 0.25) is 0 Å². The third kappa shape index (κ3) is 4.72. The number of carboxylic acids is 1. The van der Waals surface area contributed by atoms with E-state index in [9.17, 15) is 18.0 Å². The summed E-state index contributed by atoms with van der Waals surface area (Å²) in [5.41, 5.74) is -0.400. The van der Waals surface area contributed by atoms with Gasteiger partial charge in [-0.25, -0.2) is 18.0 Å². The molecule has 0 bridgehead atoms. The molecule has 1 amide bonds. The highest BCUT2D eigenvalue weighted by Gasteiger charge is 2.22. The molecule has 0 aliphatic heterocycles. The van der Waals surface area contributed by atoms with Crippen LogP contribution in [0.2, 0.25) is 0 Å². The number of ether oxygens (including phenoxy) is 1. The lowest BCUT2D eigenvalue weighted by Crippen LogP contribution is -2.35. The normalized spacial score (nSPS) is 12.1. The molecule has 25 heavy (non-hydrogen) atoms. The van der Waals surface area contributed by atoms with Crippen molar-refractivity contribution >= 4 is 32.8 Å². The van der Waals surface area contributed by atoms with Crippen molar-refractivity contribution in [3.63, 3.8) is 0 Å². The van der Waals surface area contributed by atoms with Crippen molar-refractivity contribution in [2.45, 2.75) is 31.3 Å². The van der Waals surface area contributed by atoms with Crippen molar-refractivity contribution in [2.75, 3.05) is 12.3 Å². The number of H-pyrrole nitrogens is 1. The van der Waals surface area contributed by atoms with Crippen molar-refractivity contribution in [2.24, 2.45) is 0 Å². The van der Waals surface area contributed by atoms with Crippen molar-refractivity contribution in [3.05, 3.63) is 30.0 Å². The van der Waals surface area contributed by atoms with Crippen LogP contribution in [0.4, 0.5) is 4.79 Å². The monoisotopic (exact) mass is 368 g/mol. The van der Waals surface area contributed by atoms with Crippen LogP contribution in [0.1, 0.15) is 31.1 Å². The summed E-state index contributed by atoms with van der Waals surface area (Å²) in [7, 11) is -3.81. The summed E-state index contributed by atoms with van der Waals surface area (Å²) in [6.45, 7) is 4.94. The topological polar surface area (TPSA) is 126 Å². The van der Waals surface area contributed by atoms with Crippen molar-refractivity contribution in [1.29, 1.82) is 0 Å². The fourth-order valence-corrected chi connectivity index (χ4v) is 3.64. The van der Waals surface area contributed by atoms with Crippen LogP contribution in [0.25, 0.3) is 10.9 Å². The van der Waals surface area contributed by atoms with Gasteiger partial charge in [0.05, 0.1) is 16.2 Å². The van der Waals surface area contributed by atoms with E-state index in [1.807, 2.05) is 0 Å². The molecule has 1 aromatic carbocycles. The number of sulfone groups is 1. The molecule has 1 heterocycles. The Morgan fingerprint density at radius 2 is 1.96 bits per heavy atom. The Balaban J connectivity index is 2.19. The second kappa shape index (κ2) is 6.75. The molecule has 8 nitrogen and oxygen atoms in total. The van der Waals surface area contributed by atoms with Crippen molar-refractivity contribution in [3.8, 4) is 0 Å². The van der Waals surface area contributed by atoms with Crippen molar-refractivity contribution < 1.29 is 27.9 Å². The molecule has 0 radical (unpaired) electrons. The maximum Gasteiger partial charge on any atom is 0.407 e. The first-order valence-electron chi connectivity index (χ1n) is 7.54. The Morgan fingerprint density at radius 3 is 2.56 bits per heavy atom. The van der Waals surface area contributed by atoms with E-state index in [0.717, 1.165) is 6.07 Å². The zero-order chi connectivity index (χ0) is 18.8. The number of aromatic nitrogens is 1. The molecular formula is C16H20N2O6S. The first kappa shape index (κ1) is 18.8. The number of alkyl carbamates (subject to hydrolysis) is 1. The number of benzene rings is 1. The van der Waals surface area contributed by atoms with Crippen LogP contribution in [-0.4, -0.2) is 48.5 Å². The Hall–Kier alpha value is -2.55. The smallest absolute Gasteiger partial charge is 0.407 e. The minimum atomic E-state index is -3.81. The summed E-state index contributed by atoms with van der Waals surface area (Å²) >= 11 is 0. The number of aromatic amines is 1. The number of carboxylic acid groups (broad SMARTS) is 1. The number of amides is 1. The molecule has 3 N–H and O–H groups in total. The summed E-state index contributed by atoms with van der Waals surface area (Å²) in [6, 6.07) is 4.06. The largest absolute Gasteiger partial charge is 0.478 e. The Morgan fingerprint density at radius 1 is 1.28 bits per heavy atom. The first-order chi connectivity index (χ1) is 11.5. The predicted octanol–water partition coefficient (Wildman–Crippen LogP) is 2.16. The maximum absolute atomic E-state index is 12.6. The lowest BCUT2D eigenvalue weighted by molar-refractivity contribution is 0.0530. The minimum absolute atomic E-state index is 0.0883. The van der Waals surface area contributed by atoms with Crippen LogP contribution >= 0.6 is 0 Å². The SMILES string of the molecule is CC(C)(C)OC(=O)NCCS(=O)(=O)c1cc(C(=O)O)cc2[nH]ccc12. The molecule has 0 spiro atoms. The molecule has 0 unspecified atom stereocenters. The van der Waals surface area contributed by atoms with Crippen LogP contribution < -0.4 is 5.32 Å². The van der Waals surface area contributed by atoms with E-state index in [1.165, 1.54) is 12.3 Å². The lowest BCUT2D eigenvalue weighted by Gasteiger charge is -2.19. The van der Waals surface area contributed by atoms with Gasteiger partial charge in [0.15, 0.2) is 9.84 Å². The number of aromatic carboxylic acids is 1. The van der Waals surface area contributed by atoms with E-state index in [-0.39, 0.29) is 22.8 Å². The summed E-state index contributed by atoms with van der Waals surface area (Å²) in [6.07, 6.45) is 0.822. The maximum atomic E-state index is 12.6. The molecule has 2 aromatic rings. The molecule has 0 atom stereocenters. The van der Waals surface area contributed by atoms with Gasteiger partial charge in [-0.1, -0.05) is 0 Å². The highest BCUT2D eigenvalue weighted by atomic mass is 32.2. The molecule has 136 valence electrons. The Kier molecular flexibility index (Phi) is 5.07. The second-order valence-electron chi connectivity index (χ2n) is 6.47. The second-order valence-corrected chi connectivity index (χ2v) is 8.54. The third-order valence-electron chi connectivity index (χ3n) is 3.25. The molecule has 0 aliphatic rings. The molecular weight excluding hydrogens is 348 g/mol. The number of fused-ring (bicyclic) bond motifs is 1. The molecule has 0 saturated carbocycles. The van der Waals surface area contributed by atoms with Crippen LogP contribution in [0.3, 0.4) is 0 Å². The fourth-order valence-electron chi connectivity index (χ4n) is 2.23. The van der Waals surface area contributed by atoms with E-state index in [4.69, 9.17) is 9.84 Å². The van der Waals surface area contributed by atoms with Gasteiger partial charge in [-0.2, -0.15) is 0 Å². The number of carbonyl (C=O) groups excluding carboxylic acids is 1. The highest BCUT2D eigenvalue weighted by molar-refractivity contribution is 7.91. The molecule has 2 rings (SSSR count). The highest BCUT2D eigenvalue weighted by Crippen LogP contribution is 2.25. The zero-order valence-corrected chi connectivity index (χ0v) is 14.9. The first-order valence-corrected chi connectivity index (χ1v) is 9.19. The summed E-state index contributed by atoms with van der Waals surface area (Å²) in [4.78, 5) is 25.5. The summed E-state index contributed by atoms with van der Waals surface area (Å²) in [5.74, 6) is -1.60. The average molecular weight is 368 g/mol. The van der Waals surface area contributed by atoms with Gasteiger partial charge in [-0.05, 0) is 39.0 Å². The van der Waals surface area contributed by atoms with Gasteiger partial charge in [-0.3, -0.25) is 0 Å². The number of hydrogen-bond donors (Lipinski definition) is 3. The summed E-state index contributed by atoms with van der Waals surface area (Å²) in [5, 5.41) is 11.9. The number of carbonyl (C=O) groups is 2. The van der Waals surface area contributed by atoms with Crippen LogP contribution in [-0.2, 0) is 14.6 Å². The van der Waals surface area contributed by atoms with Gasteiger partial charge in [0.25, 0.3) is 0 Å². The molecule has 0 fully saturated rings. The van der Waals surface area contributed by atoms with Gasteiger partial charge < -0.3 is 20.1 Å². The Labute approximate surface area is 145 Å². The number of hydrogen-bond acceptors (Lipinski definition) is 5. The molecule has 0 saturated heterocycles. The van der Waals surface area contributed by atoms with Crippen molar-refractivity contribution in [1.82, 2.24) is 10.3 Å². The number of rotatable bonds is 5. The predicted molar refractivity (Wildman–Crippen MR) is 91.5 cm³/mol. The minimum Gasteiger partial charge on any atom is -0.478 e. The van der Waals surface area contributed by atoms with Gasteiger partial charge in [0.1, 0.15) is 5.60 Å². The van der Waals surface area contributed by atoms with E-state index in [2.05, 4.69) is 10.3 Å². The van der Waals surface area contributed by atoms with Crippen LogP contribution in [0.15, 0.2) is 29.3 Å². The zero-order valence-electron chi connectivity index (χ0n) is 14.1. The molecule has 9 heteroatoms. The lowest BCUT2D eigenvalue weighted by atomic mass is 10.1. The fraction of sp³-hybridized carbons (Fsp3) is 0.375. The standard InChI is InChI=1S/C16H20N2O6S/c1-16(2,3)24-15(21)18-6-7-25(22,23)13-9-10(14(19)20)8-12-11(13)4-5-17-12/h4-5,8-9,17H,6-7H2,1-3H3,(H,18,21)(H,19,20). The van der Waals surface area contributed by atoms with E-state index < -0.39 is 27.5 Å². The average Bonchev–Trinajstić information content (AvgIpc) is 2.91. The van der Waals surface area contributed by atoms with E-state index >= 15 is 0 Å². The van der Waals surface area contributed by atoms with Gasteiger partial charge in [-0.15, -0.1) is 0 Å². The summed E-state index contributed by atoms with van der Waals surface area (Å²) < 4.78 is 30.2.